The van der Waals surface area contributed by atoms with Gasteiger partial charge in [-0.05, 0) is 63.2 Å². The first-order valence-corrected chi connectivity index (χ1v) is 10.1. The second-order valence-corrected chi connectivity index (χ2v) is 9.48. The van der Waals surface area contributed by atoms with E-state index in [1.54, 1.807) is 0 Å². The van der Waals surface area contributed by atoms with Crippen LogP contribution in [-0.2, 0) is 19.0 Å². The second kappa shape index (κ2) is 6.52. The molecule has 1 heterocycles. The summed E-state index contributed by atoms with van der Waals surface area (Å²) in [6.45, 7) is 8.61. The summed E-state index contributed by atoms with van der Waals surface area (Å²) in [5, 5.41) is 10.1. The van der Waals surface area contributed by atoms with E-state index >= 15 is 0 Å². The molecule has 1 saturated heterocycles. The van der Waals surface area contributed by atoms with Crippen molar-refractivity contribution in [2.45, 2.75) is 76.6 Å². The van der Waals surface area contributed by atoms with Crippen molar-refractivity contribution in [1.82, 2.24) is 0 Å². The summed E-state index contributed by atoms with van der Waals surface area (Å²) >= 11 is 0. The number of carbonyl (C=O) groups excluding carboxylic acids is 1. The molecule has 0 bridgehead atoms. The molecule has 4 rings (SSSR count). The lowest BCUT2D eigenvalue weighted by Crippen LogP contribution is -2.29. The van der Waals surface area contributed by atoms with Crippen LogP contribution < -0.4 is 0 Å². The molecule has 0 spiro atoms. The highest BCUT2D eigenvalue weighted by molar-refractivity contribution is 5.72. The largest absolute Gasteiger partial charge is 0.495 e. The smallest absolute Gasteiger partial charge is 0.309 e. The van der Waals surface area contributed by atoms with Crippen molar-refractivity contribution < 1.29 is 24.1 Å². The minimum Gasteiger partial charge on any atom is -0.495 e. The summed E-state index contributed by atoms with van der Waals surface area (Å²) in [7, 11) is 0. The Kier molecular flexibility index (Phi) is 4.59. The molecule has 1 N–H and O–H groups in total. The Balaban J connectivity index is 1.12. The molecule has 4 fully saturated rings. The Morgan fingerprint density at radius 3 is 2.65 bits per heavy atom. The van der Waals surface area contributed by atoms with E-state index in [2.05, 4.69) is 20.4 Å². The molecule has 0 aromatic rings. The van der Waals surface area contributed by atoms with Gasteiger partial charge in [0, 0.05) is 5.92 Å². The number of hydrogen-bond donors (Lipinski definition) is 1. The highest BCUT2D eigenvalue weighted by Crippen LogP contribution is 2.62. The van der Waals surface area contributed by atoms with E-state index in [0.717, 1.165) is 38.5 Å². The summed E-state index contributed by atoms with van der Waals surface area (Å²) in [5.74, 6) is 1.55. The van der Waals surface area contributed by atoms with Crippen molar-refractivity contribution in [2.75, 3.05) is 13.2 Å². The van der Waals surface area contributed by atoms with Gasteiger partial charge in [0.15, 0.2) is 0 Å². The molecule has 7 unspecified atom stereocenters. The summed E-state index contributed by atoms with van der Waals surface area (Å²) in [6, 6.07) is 0. The number of fused-ring (bicyclic) bond motifs is 2. The third kappa shape index (κ3) is 3.65. The van der Waals surface area contributed by atoms with E-state index in [1.165, 1.54) is 6.42 Å². The Morgan fingerprint density at radius 1 is 1.19 bits per heavy atom. The normalized spacial score (nSPS) is 44.3. The fraction of sp³-hybridized carbons (Fsp3) is 0.857. The van der Waals surface area contributed by atoms with E-state index in [9.17, 15) is 9.90 Å². The number of allylic oxidation sites excluding steroid dienone is 1. The molecule has 5 heteroatoms. The highest BCUT2D eigenvalue weighted by Gasteiger charge is 2.56. The molecule has 0 amide bonds. The minimum absolute atomic E-state index is 0.000970. The lowest BCUT2D eigenvalue weighted by Gasteiger charge is -2.26. The van der Waals surface area contributed by atoms with Crippen LogP contribution >= 0.6 is 0 Å². The quantitative estimate of drug-likeness (QED) is 0.427. The van der Waals surface area contributed by atoms with Crippen LogP contribution in [0.1, 0.15) is 58.8 Å². The van der Waals surface area contributed by atoms with E-state index in [4.69, 9.17) is 14.2 Å². The lowest BCUT2D eigenvalue weighted by molar-refractivity contribution is -0.153. The van der Waals surface area contributed by atoms with Gasteiger partial charge < -0.3 is 19.3 Å². The van der Waals surface area contributed by atoms with Crippen molar-refractivity contribution in [1.29, 1.82) is 0 Å². The number of epoxide rings is 1. The van der Waals surface area contributed by atoms with Gasteiger partial charge in [-0.15, -0.1) is 0 Å². The minimum atomic E-state index is -0.809. The number of hydrogen-bond acceptors (Lipinski definition) is 5. The zero-order valence-corrected chi connectivity index (χ0v) is 16.0. The van der Waals surface area contributed by atoms with Crippen LogP contribution in [0, 0.1) is 23.2 Å². The third-order valence-electron chi connectivity index (χ3n) is 7.36. The van der Waals surface area contributed by atoms with Crippen LogP contribution in [0.4, 0.5) is 0 Å². The van der Waals surface area contributed by atoms with Crippen molar-refractivity contribution in [2.24, 2.45) is 23.2 Å². The topological polar surface area (TPSA) is 68.3 Å². The Morgan fingerprint density at radius 2 is 1.92 bits per heavy atom. The molecule has 7 atom stereocenters. The molecule has 4 aliphatic rings. The van der Waals surface area contributed by atoms with E-state index in [1.807, 2.05) is 0 Å². The van der Waals surface area contributed by atoms with Gasteiger partial charge in [-0.3, -0.25) is 4.79 Å². The van der Waals surface area contributed by atoms with Gasteiger partial charge in [0.2, 0.25) is 0 Å². The van der Waals surface area contributed by atoms with Gasteiger partial charge in [-0.2, -0.15) is 0 Å². The summed E-state index contributed by atoms with van der Waals surface area (Å²) in [4.78, 5) is 12.2. The maximum Gasteiger partial charge on any atom is 0.309 e. The van der Waals surface area contributed by atoms with Crippen LogP contribution in [0.5, 0.6) is 0 Å². The van der Waals surface area contributed by atoms with Gasteiger partial charge in [0.1, 0.15) is 19.3 Å². The predicted molar refractivity (Wildman–Crippen MR) is 96.2 cm³/mol. The van der Waals surface area contributed by atoms with Crippen LogP contribution in [0.25, 0.3) is 0 Å². The average molecular weight is 364 g/mol. The van der Waals surface area contributed by atoms with Gasteiger partial charge in [-0.25, -0.2) is 0 Å². The molecule has 1 aliphatic heterocycles. The fourth-order valence-electron chi connectivity index (χ4n) is 4.96. The molecule has 3 aliphatic carbocycles. The van der Waals surface area contributed by atoms with Crippen molar-refractivity contribution in [3.8, 4) is 0 Å². The molecule has 3 saturated carbocycles. The fourth-order valence-corrected chi connectivity index (χ4v) is 4.96. The van der Waals surface area contributed by atoms with Crippen molar-refractivity contribution in [3.63, 3.8) is 0 Å². The van der Waals surface area contributed by atoms with Crippen LogP contribution in [-0.4, -0.2) is 42.1 Å². The predicted octanol–water partition coefficient (Wildman–Crippen LogP) is 3.20. The monoisotopic (exact) mass is 364 g/mol. The van der Waals surface area contributed by atoms with Gasteiger partial charge >= 0.3 is 5.97 Å². The van der Waals surface area contributed by atoms with Crippen molar-refractivity contribution in [3.05, 3.63) is 12.3 Å². The van der Waals surface area contributed by atoms with E-state index in [-0.39, 0.29) is 30.7 Å². The Bertz CT molecular complexity index is 539. The maximum absolute atomic E-state index is 12.2. The second-order valence-electron chi connectivity index (χ2n) is 9.48. The molecular formula is C21H32O5. The van der Waals surface area contributed by atoms with E-state index < -0.39 is 6.10 Å². The summed E-state index contributed by atoms with van der Waals surface area (Å²) in [5.41, 5.74) is 0.577. The standard InChI is InChI=1S/C21H32O5/c1-13(14-5-7-21(3)18(9-14)26-21)24-11-17(22)12-25-19(23)15-4-6-20(2)10-16(20)8-15/h14-18,22H,1,4-12H2,2-3H3. The van der Waals surface area contributed by atoms with Gasteiger partial charge in [-0.1, -0.05) is 13.5 Å². The SMILES string of the molecule is C=C(OCC(O)COC(=O)C1CCC2(C)CC2C1)C1CCC2(C)OC2C1. The zero-order chi connectivity index (χ0) is 18.5. The third-order valence-corrected chi connectivity index (χ3v) is 7.36. The van der Waals surface area contributed by atoms with Crippen LogP contribution in [0.15, 0.2) is 12.3 Å². The number of rotatable bonds is 7. The first-order valence-electron chi connectivity index (χ1n) is 10.1. The molecule has 146 valence electrons. The molecular weight excluding hydrogens is 332 g/mol. The first-order chi connectivity index (χ1) is 12.3. The first kappa shape index (κ1) is 18.3. The van der Waals surface area contributed by atoms with Crippen molar-refractivity contribution >= 4 is 5.97 Å². The maximum atomic E-state index is 12.2. The summed E-state index contributed by atoms with van der Waals surface area (Å²) < 4.78 is 16.7. The highest BCUT2D eigenvalue weighted by atomic mass is 16.6. The van der Waals surface area contributed by atoms with Gasteiger partial charge in [0.05, 0.1) is 23.4 Å². The summed E-state index contributed by atoms with van der Waals surface area (Å²) in [6.07, 6.45) is 6.75. The van der Waals surface area contributed by atoms with E-state index in [0.29, 0.717) is 29.1 Å². The van der Waals surface area contributed by atoms with Gasteiger partial charge in [0.25, 0.3) is 0 Å². The number of esters is 1. The Hall–Kier alpha value is -1.07. The number of carbonyl (C=O) groups is 1. The molecule has 0 radical (unpaired) electrons. The van der Waals surface area contributed by atoms with Crippen LogP contribution in [0.2, 0.25) is 0 Å². The van der Waals surface area contributed by atoms with Crippen LogP contribution in [0.3, 0.4) is 0 Å². The molecule has 0 aromatic heterocycles. The zero-order valence-electron chi connectivity index (χ0n) is 16.0. The lowest BCUT2D eigenvalue weighted by atomic mass is 9.82. The molecule has 26 heavy (non-hydrogen) atoms. The molecule has 0 aromatic carbocycles. The molecule has 5 nitrogen and oxygen atoms in total. The average Bonchev–Trinajstić information content (AvgIpc) is 3.48. The Labute approximate surface area is 156 Å². The number of ether oxygens (including phenoxy) is 3. The number of aliphatic hydroxyl groups is 1. The number of aliphatic hydroxyl groups excluding tert-OH is 1.